The van der Waals surface area contributed by atoms with Gasteiger partial charge in [0.15, 0.2) is 0 Å². The van der Waals surface area contributed by atoms with Gasteiger partial charge in [-0.15, -0.1) is 0 Å². The molecule has 0 unspecified atom stereocenters. The van der Waals surface area contributed by atoms with Gasteiger partial charge in [0.1, 0.15) is 0 Å². The van der Waals surface area contributed by atoms with E-state index in [9.17, 15) is 0 Å². The summed E-state index contributed by atoms with van der Waals surface area (Å²) in [5.74, 6) is 0. The summed E-state index contributed by atoms with van der Waals surface area (Å²) in [6, 6.07) is 89.6. The molecule has 0 atom stereocenters. The molecule has 1 aromatic heterocycles. The fourth-order valence-corrected chi connectivity index (χ4v) is 8.58. The van der Waals surface area contributed by atoms with Crippen molar-refractivity contribution in [1.82, 2.24) is 4.57 Å². The second-order valence-corrected chi connectivity index (χ2v) is 15.4. The zero-order valence-corrected chi connectivity index (χ0v) is 34.1. The SMILES string of the molecule is Cc1ccc(-c2cccc3c(-c4ccc(N(c5ccccc5)c5ccc(-c6ccccc6)cc5)cc4)cccc23)ccc2ccccc2n1-c1cccc(-c2ccccc2)c1. The zero-order chi connectivity index (χ0) is 41.0. The van der Waals surface area contributed by atoms with Crippen LogP contribution in [0.1, 0.15) is 5.69 Å². The molecule has 10 aromatic rings. The van der Waals surface area contributed by atoms with E-state index in [0.717, 1.165) is 44.9 Å². The fourth-order valence-electron chi connectivity index (χ4n) is 8.58. The lowest BCUT2D eigenvalue weighted by Gasteiger charge is -2.26. The summed E-state index contributed by atoms with van der Waals surface area (Å²) in [5, 5.41) is 3.60. The molecule has 2 heteroatoms. The second-order valence-electron chi connectivity index (χ2n) is 15.4. The molecule has 0 amide bonds. The van der Waals surface area contributed by atoms with Crippen LogP contribution in [0.2, 0.25) is 0 Å². The quantitative estimate of drug-likeness (QED) is 0.149. The third-order valence-electron chi connectivity index (χ3n) is 11.6. The van der Waals surface area contributed by atoms with Crippen molar-refractivity contribution in [2.75, 3.05) is 4.90 Å². The van der Waals surface area contributed by atoms with Gasteiger partial charge in [-0.05, 0) is 128 Å². The van der Waals surface area contributed by atoms with E-state index in [-0.39, 0.29) is 0 Å². The van der Waals surface area contributed by atoms with Gasteiger partial charge in [-0.3, -0.25) is 0 Å². The maximum absolute atomic E-state index is 2.37. The van der Waals surface area contributed by atoms with Gasteiger partial charge in [0, 0.05) is 28.4 Å². The van der Waals surface area contributed by atoms with Gasteiger partial charge in [-0.25, -0.2) is 0 Å². The molecule has 0 N–H and O–H groups in total. The normalized spacial score (nSPS) is 11.0. The molecule has 0 aliphatic carbocycles. The summed E-state index contributed by atoms with van der Waals surface area (Å²) in [6.07, 6.45) is 0. The third-order valence-corrected chi connectivity index (χ3v) is 11.6. The predicted octanol–water partition coefficient (Wildman–Crippen LogP) is 16.4. The molecule has 0 spiro atoms. The van der Waals surface area contributed by atoms with E-state index in [2.05, 4.69) is 265 Å². The van der Waals surface area contributed by atoms with Gasteiger partial charge in [-0.1, -0.05) is 188 Å². The molecule has 290 valence electrons. The topological polar surface area (TPSA) is 8.17 Å². The molecule has 10 rings (SSSR count). The van der Waals surface area contributed by atoms with Crippen molar-refractivity contribution in [2.45, 2.75) is 6.92 Å². The summed E-state index contributed by atoms with van der Waals surface area (Å²) in [5.41, 5.74) is 16.3. The zero-order valence-electron chi connectivity index (χ0n) is 34.1. The van der Waals surface area contributed by atoms with Crippen LogP contribution in [-0.4, -0.2) is 4.57 Å². The summed E-state index contributed by atoms with van der Waals surface area (Å²) >= 11 is 0. The number of anilines is 3. The molecule has 0 radical (unpaired) electrons. The Morgan fingerprint density at radius 3 is 1.38 bits per heavy atom. The lowest BCUT2D eigenvalue weighted by Crippen LogP contribution is -2.09. The van der Waals surface area contributed by atoms with E-state index in [4.69, 9.17) is 0 Å². The first-order valence-electron chi connectivity index (χ1n) is 20.9. The van der Waals surface area contributed by atoms with Crippen molar-refractivity contribution in [3.8, 4) is 50.2 Å². The molecule has 0 saturated heterocycles. The van der Waals surface area contributed by atoms with Crippen LogP contribution in [0.15, 0.2) is 249 Å². The Morgan fingerprint density at radius 1 is 0.311 bits per heavy atom. The van der Waals surface area contributed by atoms with Crippen LogP contribution in [0.4, 0.5) is 17.1 Å². The molecule has 0 aliphatic heterocycles. The van der Waals surface area contributed by atoms with E-state index in [1.807, 2.05) is 0 Å². The van der Waals surface area contributed by atoms with Crippen LogP contribution >= 0.6 is 0 Å². The van der Waals surface area contributed by atoms with Crippen LogP contribution in [0.5, 0.6) is 0 Å². The number of rotatable bonds is 8. The summed E-state index contributed by atoms with van der Waals surface area (Å²) < 4.78 is 2.37. The van der Waals surface area contributed by atoms with Crippen LogP contribution < -0.4 is 4.90 Å². The van der Waals surface area contributed by atoms with E-state index < -0.39 is 0 Å². The van der Waals surface area contributed by atoms with Crippen molar-refractivity contribution in [2.24, 2.45) is 0 Å². The maximum Gasteiger partial charge on any atom is 0.0530 e. The van der Waals surface area contributed by atoms with E-state index in [1.54, 1.807) is 0 Å². The average Bonchev–Trinajstić information content (AvgIpc) is 3.40. The van der Waals surface area contributed by atoms with Crippen LogP contribution in [0, 0.1) is 6.92 Å². The third kappa shape index (κ3) is 7.60. The summed E-state index contributed by atoms with van der Waals surface area (Å²) in [7, 11) is 0. The van der Waals surface area contributed by atoms with Gasteiger partial charge in [0.25, 0.3) is 0 Å². The monoisotopic (exact) mass is 780 g/mol. The van der Waals surface area contributed by atoms with Gasteiger partial charge >= 0.3 is 0 Å². The molecule has 1 heterocycles. The van der Waals surface area contributed by atoms with Gasteiger partial charge < -0.3 is 9.47 Å². The van der Waals surface area contributed by atoms with E-state index in [0.29, 0.717) is 0 Å². The number of aryl methyl sites for hydroxylation is 1. The van der Waals surface area contributed by atoms with E-state index >= 15 is 0 Å². The van der Waals surface area contributed by atoms with Crippen LogP contribution in [-0.2, 0) is 0 Å². The minimum atomic E-state index is 1.10. The summed E-state index contributed by atoms with van der Waals surface area (Å²) in [6.45, 7) is 2.20. The molecular formula is C59H44N2. The highest BCUT2D eigenvalue weighted by molar-refractivity contribution is 6.04. The molecule has 0 bridgehead atoms. The first-order valence-corrected chi connectivity index (χ1v) is 20.9. The maximum atomic E-state index is 2.37. The minimum Gasteiger partial charge on any atom is -0.314 e. The molecule has 61 heavy (non-hydrogen) atoms. The van der Waals surface area contributed by atoms with Crippen molar-refractivity contribution in [3.63, 3.8) is 0 Å². The second kappa shape index (κ2) is 16.7. The Balaban J connectivity index is 1.03. The Morgan fingerprint density at radius 2 is 0.754 bits per heavy atom. The largest absolute Gasteiger partial charge is 0.314 e. The summed E-state index contributed by atoms with van der Waals surface area (Å²) in [4.78, 5) is 2.32. The number of aromatic nitrogens is 1. The molecule has 0 fully saturated rings. The van der Waals surface area contributed by atoms with Crippen LogP contribution in [0.3, 0.4) is 0 Å². The predicted molar refractivity (Wildman–Crippen MR) is 260 cm³/mol. The highest BCUT2D eigenvalue weighted by Crippen LogP contribution is 2.39. The molecular weight excluding hydrogens is 737 g/mol. The van der Waals surface area contributed by atoms with E-state index in [1.165, 1.54) is 49.7 Å². The molecule has 0 aliphatic rings. The Hall–Kier alpha value is -7.94. The Kier molecular flexibility index (Phi) is 10.2. The highest BCUT2D eigenvalue weighted by Gasteiger charge is 2.15. The minimum absolute atomic E-state index is 1.10. The molecule has 2 nitrogen and oxygen atoms in total. The number of nitrogens with zero attached hydrogens (tertiary/aromatic N) is 2. The number of fused-ring (bicyclic) bond motifs is 2. The lowest BCUT2D eigenvalue weighted by atomic mass is 9.93. The number of benzene rings is 9. The van der Waals surface area contributed by atoms with Crippen LogP contribution in [0.25, 0.3) is 71.9 Å². The average molecular weight is 781 g/mol. The first-order chi connectivity index (χ1) is 30.2. The molecule has 9 aromatic carbocycles. The van der Waals surface area contributed by atoms with Gasteiger partial charge in [0.2, 0.25) is 0 Å². The lowest BCUT2D eigenvalue weighted by molar-refractivity contribution is 1.04. The van der Waals surface area contributed by atoms with Gasteiger partial charge in [-0.2, -0.15) is 0 Å². The fraction of sp³-hybridized carbons (Fsp3) is 0.0169. The van der Waals surface area contributed by atoms with Crippen molar-refractivity contribution < 1.29 is 0 Å². The van der Waals surface area contributed by atoms with Gasteiger partial charge in [0.05, 0.1) is 5.52 Å². The highest BCUT2D eigenvalue weighted by atomic mass is 15.1. The van der Waals surface area contributed by atoms with Crippen molar-refractivity contribution in [1.29, 1.82) is 0 Å². The first kappa shape index (κ1) is 37.3. The van der Waals surface area contributed by atoms with Crippen molar-refractivity contribution in [3.05, 3.63) is 254 Å². The number of hydrogen-bond acceptors (Lipinski definition) is 1. The smallest absolute Gasteiger partial charge is 0.0530 e. The number of para-hydroxylation sites is 2. The Labute approximate surface area is 358 Å². The standard InChI is InChI=1S/C59H44N2/c1-43-30-31-47(32-33-49-20-11-12-29-59(49)60(43)54-24-13-21-50(42-54)45-18-7-3-8-19-45)55-25-14-28-58-56(26-15-27-57(55)58)48-36-40-53(41-37-48)61(51-22-9-4-10-23-51)52-38-34-46(35-39-52)44-16-5-2-6-17-44/h2-42H,1H3. The number of hydrogen-bond donors (Lipinski definition) is 0. The van der Waals surface area contributed by atoms with Crippen molar-refractivity contribution >= 4 is 38.7 Å². The molecule has 0 saturated carbocycles. The Bertz CT molecular complexity index is 3170.